The molecule has 1 aromatic heterocycles. The number of halogens is 3. The highest BCUT2D eigenvalue weighted by Crippen LogP contribution is 2.24. The van der Waals surface area contributed by atoms with Crippen molar-refractivity contribution in [2.75, 3.05) is 17.6 Å². The minimum atomic E-state index is -0.581. The van der Waals surface area contributed by atoms with Crippen molar-refractivity contribution in [1.29, 1.82) is 0 Å². The molecule has 124 valence electrons. The maximum Gasteiger partial charge on any atom is 0.193 e. The molecular formula is C14H16F2IN5S. The second kappa shape index (κ2) is 7.95. The van der Waals surface area contributed by atoms with Crippen LogP contribution in [0.1, 0.15) is 5.69 Å². The molecule has 3 N–H and O–H groups in total. The van der Waals surface area contributed by atoms with Gasteiger partial charge < -0.3 is 15.6 Å². The van der Waals surface area contributed by atoms with Crippen molar-refractivity contribution in [1.82, 2.24) is 9.55 Å². The summed E-state index contributed by atoms with van der Waals surface area (Å²) in [6.45, 7) is 1.41. The Morgan fingerprint density at radius 2 is 2.26 bits per heavy atom. The second-order valence-electron chi connectivity index (χ2n) is 4.82. The third kappa shape index (κ3) is 4.56. The topological polar surface area (TPSA) is 68.2 Å². The summed E-state index contributed by atoms with van der Waals surface area (Å²) in [5.41, 5.74) is 6.61. The van der Waals surface area contributed by atoms with E-state index in [1.807, 2.05) is 6.20 Å². The van der Waals surface area contributed by atoms with E-state index in [-0.39, 0.29) is 35.6 Å². The van der Waals surface area contributed by atoms with Gasteiger partial charge in [0.2, 0.25) is 0 Å². The van der Waals surface area contributed by atoms with Crippen LogP contribution in [-0.2, 0) is 13.0 Å². The van der Waals surface area contributed by atoms with Crippen molar-refractivity contribution in [3.8, 4) is 0 Å². The number of rotatable bonds is 4. The number of fused-ring (bicyclic) bond motifs is 1. The van der Waals surface area contributed by atoms with Gasteiger partial charge in [-0.1, -0.05) is 11.8 Å². The van der Waals surface area contributed by atoms with Gasteiger partial charge in [-0.3, -0.25) is 4.99 Å². The van der Waals surface area contributed by atoms with Crippen molar-refractivity contribution in [2.24, 2.45) is 10.7 Å². The van der Waals surface area contributed by atoms with Crippen LogP contribution in [-0.4, -0.2) is 27.8 Å². The predicted octanol–water partition coefficient (Wildman–Crippen LogP) is 2.85. The van der Waals surface area contributed by atoms with Gasteiger partial charge in [-0.2, -0.15) is 0 Å². The minimum Gasteiger partial charge on any atom is -0.370 e. The molecule has 0 saturated heterocycles. The number of imidazole rings is 1. The molecule has 0 spiro atoms. The summed E-state index contributed by atoms with van der Waals surface area (Å²) in [5, 5.41) is 3.59. The number of aromatic nitrogens is 2. The van der Waals surface area contributed by atoms with Gasteiger partial charge >= 0.3 is 0 Å². The zero-order valence-electron chi connectivity index (χ0n) is 12.1. The molecule has 0 fully saturated rings. The quantitative estimate of drug-likeness (QED) is 0.426. The Hall–Kier alpha value is -1.36. The monoisotopic (exact) mass is 451 g/mol. The van der Waals surface area contributed by atoms with E-state index in [0.29, 0.717) is 13.0 Å². The Labute approximate surface area is 153 Å². The average Bonchev–Trinajstić information content (AvgIpc) is 3.04. The third-order valence-electron chi connectivity index (χ3n) is 3.19. The number of nitrogens with one attached hydrogen (secondary N) is 1. The first-order valence-electron chi connectivity index (χ1n) is 6.82. The van der Waals surface area contributed by atoms with Crippen LogP contribution in [0, 0.1) is 11.6 Å². The number of anilines is 1. The fourth-order valence-corrected chi connectivity index (χ4v) is 3.11. The van der Waals surface area contributed by atoms with Crippen LogP contribution in [0.15, 0.2) is 34.5 Å². The van der Waals surface area contributed by atoms with E-state index in [2.05, 4.69) is 19.9 Å². The maximum atomic E-state index is 13.5. The maximum absolute atomic E-state index is 13.5. The molecule has 9 heteroatoms. The van der Waals surface area contributed by atoms with Crippen molar-refractivity contribution in [3.05, 3.63) is 41.7 Å². The van der Waals surface area contributed by atoms with Gasteiger partial charge in [-0.15, -0.1) is 24.0 Å². The second-order valence-corrected chi connectivity index (χ2v) is 5.88. The Morgan fingerprint density at radius 1 is 1.43 bits per heavy atom. The normalized spacial score (nSPS) is 13.6. The van der Waals surface area contributed by atoms with Gasteiger partial charge in [-0.05, 0) is 12.1 Å². The lowest BCUT2D eigenvalue weighted by molar-refractivity contribution is 0.604. The number of hydrogen-bond donors (Lipinski definition) is 2. The summed E-state index contributed by atoms with van der Waals surface area (Å²) >= 11 is 1.73. The van der Waals surface area contributed by atoms with Crippen molar-refractivity contribution in [2.45, 2.75) is 18.1 Å². The molecule has 0 radical (unpaired) electrons. The largest absolute Gasteiger partial charge is 0.370 e. The van der Waals surface area contributed by atoms with Crippen LogP contribution in [0.3, 0.4) is 0 Å². The minimum absolute atomic E-state index is 0. The van der Waals surface area contributed by atoms with Gasteiger partial charge in [-0.25, -0.2) is 13.8 Å². The Morgan fingerprint density at radius 3 is 3.04 bits per heavy atom. The molecule has 5 nitrogen and oxygen atoms in total. The van der Waals surface area contributed by atoms with Gasteiger partial charge in [0.25, 0.3) is 0 Å². The molecule has 0 bridgehead atoms. The Bertz CT molecular complexity index is 698. The standard InChI is InChI=1S/C14H15F2N5S.HI/c15-9-1-2-11(16)12(7-9)20-13(17)18-4-3-10-8-21-5-6-22-14(21)19-10;/h1-2,7-8H,3-6H2,(H3,17,18,20);1H. The van der Waals surface area contributed by atoms with Crippen molar-refractivity contribution >= 4 is 47.4 Å². The summed E-state index contributed by atoms with van der Waals surface area (Å²) in [7, 11) is 0. The number of guanidine groups is 1. The molecular weight excluding hydrogens is 435 g/mol. The van der Waals surface area contributed by atoms with Crippen LogP contribution in [0.2, 0.25) is 0 Å². The summed E-state index contributed by atoms with van der Waals surface area (Å²) in [5.74, 6) is -0.00828. The molecule has 2 aromatic rings. The molecule has 1 aromatic carbocycles. The van der Waals surface area contributed by atoms with E-state index in [1.165, 1.54) is 0 Å². The number of aryl methyl sites for hydroxylation is 1. The highest BCUT2D eigenvalue weighted by Gasteiger charge is 2.13. The first-order chi connectivity index (χ1) is 10.6. The summed E-state index contributed by atoms with van der Waals surface area (Å²) in [4.78, 5) is 8.59. The van der Waals surface area contributed by atoms with Crippen LogP contribution in [0.5, 0.6) is 0 Å². The molecule has 0 atom stereocenters. The summed E-state index contributed by atoms with van der Waals surface area (Å²) in [6, 6.07) is 3.12. The lowest BCUT2D eigenvalue weighted by atomic mass is 10.3. The van der Waals surface area contributed by atoms with E-state index < -0.39 is 11.6 Å². The summed E-state index contributed by atoms with van der Waals surface area (Å²) < 4.78 is 28.6. The van der Waals surface area contributed by atoms with Crippen molar-refractivity contribution < 1.29 is 8.78 Å². The smallest absolute Gasteiger partial charge is 0.193 e. The molecule has 0 unspecified atom stereocenters. The fourth-order valence-electron chi connectivity index (χ4n) is 2.14. The SMILES string of the molecule is I.NC(=NCCc1cn2c(n1)SCC2)Nc1cc(F)ccc1F. The molecule has 2 heterocycles. The average molecular weight is 451 g/mol. The third-order valence-corrected chi connectivity index (χ3v) is 4.17. The van der Waals surface area contributed by atoms with Crippen LogP contribution < -0.4 is 11.1 Å². The zero-order valence-corrected chi connectivity index (χ0v) is 15.3. The number of hydrogen-bond acceptors (Lipinski definition) is 3. The zero-order chi connectivity index (χ0) is 15.5. The molecule has 23 heavy (non-hydrogen) atoms. The lowest BCUT2D eigenvalue weighted by Crippen LogP contribution is -2.23. The first kappa shape index (κ1) is 18.0. The fraction of sp³-hybridized carbons (Fsp3) is 0.286. The van der Waals surface area contributed by atoms with Crippen molar-refractivity contribution in [3.63, 3.8) is 0 Å². The lowest BCUT2D eigenvalue weighted by Gasteiger charge is -2.06. The predicted molar refractivity (Wildman–Crippen MR) is 98.5 cm³/mol. The van der Waals surface area contributed by atoms with Gasteiger partial charge in [0, 0.05) is 37.5 Å². The Balaban J connectivity index is 0.00000192. The number of nitrogens with two attached hydrogens (primary N) is 1. The Kier molecular flexibility index (Phi) is 6.22. The number of aliphatic imine (C=N–C) groups is 1. The van der Waals surface area contributed by atoms with Crippen LogP contribution in [0.25, 0.3) is 0 Å². The highest BCUT2D eigenvalue weighted by atomic mass is 127. The summed E-state index contributed by atoms with van der Waals surface area (Å²) in [6.07, 6.45) is 2.66. The molecule has 0 saturated carbocycles. The molecule has 1 aliphatic heterocycles. The van der Waals surface area contributed by atoms with E-state index in [0.717, 1.165) is 41.3 Å². The van der Waals surface area contributed by atoms with E-state index in [4.69, 9.17) is 5.73 Å². The molecule has 0 amide bonds. The molecule has 3 rings (SSSR count). The van der Waals surface area contributed by atoms with Gasteiger partial charge in [0.05, 0.1) is 11.4 Å². The van der Waals surface area contributed by atoms with Gasteiger partial charge in [0.15, 0.2) is 11.1 Å². The van der Waals surface area contributed by atoms with E-state index in [9.17, 15) is 8.78 Å². The number of thioether (sulfide) groups is 1. The first-order valence-corrected chi connectivity index (χ1v) is 7.81. The van der Waals surface area contributed by atoms with Gasteiger partial charge in [0.1, 0.15) is 11.6 Å². The van der Waals surface area contributed by atoms with Crippen LogP contribution in [0.4, 0.5) is 14.5 Å². The van der Waals surface area contributed by atoms with E-state index in [1.54, 1.807) is 11.8 Å². The number of benzene rings is 1. The molecule has 0 aliphatic carbocycles. The van der Waals surface area contributed by atoms with Crippen LogP contribution >= 0.6 is 35.7 Å². The highest BCUT2D eigenvalue weighted by molar-refractivity contribution is 14.0. The van der Waals surface area contributed by atoms with E-state index >= 15 is 0 Å². The number of nitrogens with zero attached hydrogens (tertiary/aromatic N) is 3. The molecule has 1 aliphatic rings.